The monoisotopic (exact) mass is 263 g/mol. The maximum atomic E-state index is 8.68. The van der Waals surface area contributed by atoms with Crippen LogP contribution in [0.4, 0.5) is 5.69 Å². The molecule has 0 aliphatic carbocycles. The number of nitrogens with two attached hydrogens (primary N) is 1. The molecule has 3 aromatic rings. The molecule has 7 nitrogen and oxygen atoms in total. The molecule has 0 fully saturated rings. The predicted octanol–water partition coefficient (Wildman–Crippen LogP) is 1.18. The first-order valence-electron chi connectivity index (χ1n) is 5.76. The molecule has 0 saturated carbocycles. The number of aromatic nitrogens is 5. The summed E-state index contributed by atoms with van der Waals surface area (Å²) in [6, 6.07) is 9.22. The number of hydrogen-bond acceptors (Lipinski definition) is 6. The zero-order valence-electron chi connectivity index (χ0n) is 10.3. The third kappa shape index (κ3) is 2.18. The molecule has 0 atom stereocenters. The lowest BCUT2D eigenvalue weighted by Crippen LogP contribution is -2.00. The summed E-state index contributed by atoms with van der Waals surface area (Å²) >= 11 is 0. The Balaban J connectivity index is 1.95. The maximum absolute atomic E-state index is 8.68. The molecule has 0 amide bonds. The fourth-order valence-electron chi connectivity index (χ4n) is 1.68. The molecule has 0 saturated heterocycles. The quantitative estimate of drug-likeness (QED) is 0.696. The number of benzene rings is 1. The molecule has 0 unspecified atom stereocenters. The van der Waals surface area contributed by atoms with Crippen molar-refractivity contribution < 1.29 is 0 Å². The van der Waals surface area contributed by atoms with Crippen molar-refractivity contribution in [3.05, 3.63) is 48.7 Å². The van der Waals surface area contributed by atoms with Crippen molar-refractivity contribution in [2.45, 2.75) is 0 Å². The van der Waals surface area contributed by atoms with Crippen molar-refractivity contribution in [1.29, 1.82) is 5.26 Å². The molecular formula is C13H9N7. The Morgan fingerprint density at radius 1 is 1.15 bits per heavy atom. The molecule has 2 N–H and O–H groups in total. The number of nitrogens with zero attached hydrogens (tertiary/aromatic N) is 6. The third-order valence-corrected chi connectivity index (χ3v) is 2.62. The van der Waals surface area contributed by atoms with Crippen molar-refractivity contribution in [2.24, 2.45) is 0 Å². The molecule has 2 aromatic heterocycles. The van der Waals surface area contributed by atoms with Crippen LogP contribution in [0.15, 0.2) is 43.0 Å². The molecule has 1 aromatic carbocycles. The van der Waals surface area contributed by atoms with E-state index in [0.29, 0.717) is 17.3 Å². The fourth-order valence-corrected chi connectivity index (χ4v) is 1.68. The second kappa shape index (κ2) is 4.78. The third-order valence-electron chi connectivity index (χ3n) is 2.62. The average molecular weight is 263 g/mol. The fraction of sp³-hybridized carbons (Fsp3) is 0. The van der Waals surface area contributed by atoms with Crippen molar-refractivity contribution >= 4 is 5.69 Å². The summed E-state index contributed by atoms with van der Waals surface area (Å²) in [7, 11) is 0. The van der Waals surface area contributed by atoms with Gasteiger partial charge in [0.2, 0.25) is 0 Å². The van der Waals surface area contributed by atoms with E-state index in [2.05, 4.69) is 20.1 Å². The van der Waals surface area contributed by atoms with Crippen LogP contribution in [0.5, 0.6) is 0 Å². The lowest BCUT2D eigenvalue weighted by Gasteiger charge is -1.98. The van der Waals surface area contributed by atoms with Crippen LogP contribution in [0, 0.1) is 11.3 Å². The summed E-state index contributed by atoms with van der Waals surface area (Å²) in [5.41, 5.74) is 7.46. The lowest BCUT2D eigenvalue weighted by molar-refractivity contribution is 0.837. The van der Waals surface area contributed by atoms with Crippen LogP contribution < -0.4 is 5.73 Å². The Bertz CT molecular complexity index is 783. The van der Waals surface area contributed by atoms with Gasteiger partial charge in [-0.15, -0.1) is 5.10 Å². The standard InChI is InChI=1S/C13H9N7/c14-5-11-6-17-12(7-16-11)20-8-18-13(19-20)9-2-1-3-10(15)4-9/h1-4,6-8H,15H2. The highest BCUT2D eigenvalue weighted by atomic mass is 15.4. The first kappa shape index (κ1) is 11.8. The van der Waals surface area contributed by atoms with Crippen LogP contribution in [-0.4, -0.2) is 24.7 Å². The number of rotatable bonds is 2. The summed E-state index contributed by atoms with van der Waals surface area (Å²) in [4.78, 5) is 12.2. The summed E-state index contributed by atoms with van der Waals surface area (Å²) in [6.45, 7) is 0. The summed E-state index contributed by atoms with van der Waals surface area (Å²) in [5.74, 6) is 1.04. The van der Waals surface area contributed by atoms with E-state index in [9.17, 15) is 0 Å². The van der Waals surface area contributed by atoms with Crippen molar-refractivity contribution in [3.8, 4) is 23.3 Å². The van der Waals surface area contributed by atoms with Crippen LogP contribution in [0.25, 0.3) is 17.2 Å². The number of anilines is 1. The second-order valence-electron chi connectivity index (χ2n) is 4.01. The van der Waals surface area contributed by atoms with Gasteiger partial charge in [0.1, 0.15) is 12.4 Å². The molecule has 7 heteroatoms. The van der Waals surface area contributed by atoms with Gasteiger partial charge in [0.05, 0.1) is 12.4 Å². The van der Waals surface area contributed by atoms with Crippen LogP contribution >= 0.6 is 0 Å². The van der Waals surface area contributed by atoms with E-state index in [4.69, 9.17) is 11.0 Å². The topological polar surface area (TPSA) is 106 Å². The Labute approximate surface area is 114 Å². The Hall–Kier alpha value is -3.27. The molecule has 0 radical (unpaired) electrons. The van der Waals surface area contributed by atoms with Gasteiger partial charge in [0, 0.05) is 11.3 Å². The molecular weight excluding hydrogens is 254 g/mol. The van der Waals surface area contributed by atoms with Gasteiger partial charge in [-0.2, -0.15) is 5.26 Å². The van der Waals surface area contributed by atoms with E-state index in [1.807, 2.05) is 18.2 Å². The highest BCUT2D eigenvalue weighted by molar-refractivity contribution is 5.60. The Kier molecular flexibility index (Phi) is 2.82. The van der Waals surface area contributed by atoms with Crippen molar-refractivity contribution in [2.75, 3.05) is 5.73 Å². The van der Waals surface area contributed by atoms with Gasteiger partial charge in [0.25, 0.3) is 0 Å². The first-order chi connectivity index (χ1) is 9.76. The highest BCUT2D eigenvalue weighted by Gasteiger charge is 2.07. The van der Waals surface area contributed by atoms with Gasteiger partial charge in [-0.3, -0.25) is 0 Å². The van der Waals surface area contributed by atoms with Crippen LogP contribution in [0.3, 0.4) is 0 Å². The average Bonchev–Trinajstić information content (AvgIpc) is 2.97. The van der Waals surface area contributed by atoms with Gasteiger partial charge < -0.3 is 5.73 Å². The SMILES string of the molecule is N#Cc1cnc(-n2cnc(-c3cccc(N)c3)n2)cn1. The molecule has 0 aliphatic heterocycles. The molecule has 0 bridgehead atoms. The summed E-state index contributed by atoms with van der Waals surface area (Å²) in [6.07, 6.45) is 4.39. The van der Waals surface area contributed by atoms with Crippen LogP contribution in [0.1, 0.15) is 5.69 Å². The van der Waals surface area contributed by atoms with E-state index in [1.54, 1.807) is 12.1 Å². The van der Waals surface area contributed by atoms with E-state index in [1.165, 1.54) is 23.4 Å². The van der Waals surface area contributed by atoms with Crippen molar-refractivity contribution in [3.63, 3.8) is 0 Å². The second-order valence-corrected chi connectivity index (χ2v) is 4.01. The zero-order chi connectivity index (χ0) is 13.9. The summed E-state index contributed by atoms with van der Waals surface area (Å²) in [5, 5.41) is 13.0. The normalized spacial score (nSPS) is 10.2. The van der Waals surface area contributed by atoms with Gasteiger partial charge in [-0.05, 0) is 12.1 Å². The van der Waals surface area contributed by atoms with Crippen molar-refractivity contribution in [1.82, 2.24) is 24.7 Å². The number of hydrogen-bond donors (Lipinski definition) is 1. The first-order valence-corrected chi connectivity index (χ1v) is 5.76. The van der Waals surface area contributed by atoms with Gasteiger partial charge >= 0.3 is 0 Å². The van der Waals surface area contributed by atoms with E-state index in [-0.39, 0.29) is 5.69 Å². The van der Waals surface area contributed by atoms with Crippen LogP contribution in [0.2, 0.25) is 0 Å². The highest BCUT2D eigenvalue weighted by Crippen LogP contribution is 2.17. The molecule has 96 valence electrons. The smallest absolute Gasteiger partial charge is 0.181 e. The van der Waals surface area contributed by atoms with Crippen LogP contribution in [-0.2, 0) is 0 Å². The zero-order valence-corrected chi connectivity index (χ0v) is 10.3. The summed E-state index contributed by atoms with van der Waals surface area (Å²) < 4.78 is 1.49. The van der Waals surface area contributed by atoms with Gasteiger partial charge in [0.15, 0.2) is 17.3 Å². The minimum absolute atomic E-state index is 0.255. The molecule has 2 heterocycles. The van der Waals surface area contributed by atoms with E-state index >= 15 is 0 Å². The molecule has 20 heavy (non-hydrogen) atoms. The van der Waals surface area contributed by atoms with Gasteiger partial charge in [-0.1, -0.05) is 12.1 Å². The number of nitriles is 1. The maximum Gasteiger partial charge on any atom is 0.181 e. The molecule has 0 aliphatic rings. The predicted molar refractivity (Wildman–Crippen MR) is 71.5 cm³/mol. The lowest BCUT2D eigenvalue weighted by atomic mass is 10.2. The Morgan fingerprint density at radius 3 is 2.75 bits per heavy atom. The minimum atomic E-state index is 0.255. The van der Waals surface area contributed by atoms with Gasteiger partial charge in [-0.25, -0.2) is 19.6 Å². The Morgan fingerprint density at radius 2 is 2.05 bits per heavy atom. The minimum Gasteiger partial charge on any atom is -0.399 e. The van der Waals surface area contributed by atoms with E-state index < -0.39 is 0 Å². The molecule has 3 rings (SSSR count). The van der Waals surface area contributed by atoms with E-state index in [0.717, 1.165) is 5.56 Å². The number of nitrogen functional groups attached to an aromatic ring is 1. The largest absolute Gasteiger partial charge is 0.399 e. The molecule has 0 spiro atoms.